The average Bonchev–Trinajstić information content (AvgIpc) is 2.40. The van der Waals surface area contributed by atoms with E-state index in [0.29, 0.717) is 24.7 Å². The van der Waals surface area contributed by atoms with E-state index < -0.39 is 0 Å². The summed E-state index contributed by atoms with van der Waals surface area (Å²) in [6, 6.07) is 9.73. The highest BCUT2D eigenvalue weighted by atomic mass is 16.5. The molecule has 0 amide bonds. The Morgan fingerprint density at radius 3 is 2.79 bits per heavy atom. The molecule has 0 fully saturated rings. The Morgan fingerprint density at radius 1 is 1.42 bits per heavy atom. The number of allylic oxidation sites excluding steroid dienone is 1. The number of nitrogens with zero attached hydrogens (tertiary/aromatic N) is 1. The van der Waals surface area contributed by atoms with Crippen molar-refractivity contribution in [3.05, 3.63) is 41.6 Å². The Morgan fingerprint density at radius 2 is 2.16 bits per heavy atom. The second kappa shape index (κ2) is 6.04. The summed E-state index contributed by atoms with van der Waals surface area (Å²) in [6.45, 7) is 4.32. The summed E-state index contributed by atoms with van der Waals surface area (Å²) in [5.74, 6) is 0.326. The van der Waals surface area contributed by atoms with Gasteiger partial charge in [0.05, 0.1) is 18.7 Å². The molecule has 0 unspecified atom stereocenters. The summed E-state index contributed by atoms with van der Waals surface area (Å²) < 4.78 is 4.98. The lowest BCUT2D eigenvalue weighted by molar-refractivity contribution is -0.138. The first-order valence-electron chi connectivity index (χ1n) is 6.21. The number of aliphatic imine (C=N–C) groups is 1. The lowest BCUT2D eigenvalue weighted by atomic mass is 10.2. The fraction of sp³-hybridized carbons (Fsp3) is 0.286. The van der Waals surface area contributed by atoms with E-state index >= 15 is 0 Å². The molecule has 0 aromatic heterocycles. The minimum absolute atomic E-state index is 0.310. The molecule has 0 bridgehead atoms. The van der Waals surface area contributed by atoms with E-state index in [4.69, 9.17) is 4.74 Å². The maximum absolute atomic E-state index is 11.7. The van der Waals surface area contributed by atoms with Gasteiger partial charge in [0.25, 0.3) is 0 Å². The number of hydrogen-bond donors (Lipinski definition) is 2. The van der Waals surface area contributed by atoms with Crippen LogP contribution in [-0.4, -0.2) is 25.1 Å². The maximum Gasteiger partial charge on any atom is 0.337 e. The quantitative estimate of drug-likeness (QED) is 0.814. The third kappa shape index (κ3) is 3.34. The van der Waals surface area contributed by atoms with Crippen LogP contribution < -0.4 is 10.6 Å². The third-order valence-corrected chi connectivity index (χ3v) is 2.71. The smallest absolute Gasteiger partial charge is 0.337 e. The van der Waals surface area contributed by atoms with Gasteiger partial charge in [0, 0.05) is 11.4 Å². The first kappa shape index (κ1) is 13.1. The Kier molecular flexibility index (Phi) is 4.18. The molecular formula is C14H17N3O2. The number of benzene rings is 1. The number of carbonyl (C=O) groups excluding carboxylic acids is 1. The van der Waals surface area contributed by atoms with Crippen molar-refractivity contribution in [2.24, 2.45) is 4.99 Å². The van der Waals surface area contributed by atoms with Crippen LogP contribution in [0.3, 0.4) is 0 Å². The Hall–Kier alpha value is -2.30. The molecule has 1 aromatic carbocycles. The number of ether oxygens (including phenoxy) is 1. The number of hydrogen-bond acceptors (Lipinski definition) is 5. The first-order chi connectivity index (χ1) is 9.20. The monoisotopic (exact) mass is 259 g/mol. The molecule has 0 atom stereocenters. The fourth-order valence-electron chi connectivity index (χ4n) is 1.73. The van der Waals surface area contributed by atoms with Gasteiger partial charge in [-0.15, -0.1) is 0 Å². The van der Waals surface area contributed by atoms with Gasteiger partial charge in [0.1, 0.15) is 0 Å². The SMILES string of the molecule is CCOC(=O)C1=C(C)NC(Nc2ccccc2)=NC1. The molecular weight excluding hydrogens is 242 g/mol. The van der Waals surface area contributed by atoms with Gasteiger partial charge in [-0.1, -0.05) is 18.2 Å². The number of para-hydroxylation sites is 1. The summed E-state index contributed by atoms with van der Waals surface area (Å²) in [4.78, 5) is 16.0. The van der Waals surface area contributed by atoms with Crippen molar-refractivity contribution in [3.63, 3.8) is 0 Å². The van der Waals surface area contributed by atoms with Gasteiger partial charge in [0.15, 0.2) is 5.96 Å². The maximum atomic E-state index is 11.7. The summed E-state index contributed by atoms with van der Waals surface area (Å²) in [5, 5.41) is 6.23. The van der Waals surface area contributed by atoms with Crippen molar-refractivity contribution in [2.75, 3.05) is 18.5 Å². The molecule has 2 rings (SSSR count). The van der Waals surface area contributed by atoms with Gasteiger partial charge >= 0.3 is 5.97 Å². The molecule has 0 radical (unpaired) electrons. The van der Waals surface area contributed by atoms with Gasteiger partial charge in [-0.05, 0) is 26.0 Å². The average molecular weight is 259 g/mol. The van der Waals surface area contributed by atoms with Gasteiger partial charge < -0.3 is 15.4 Å². The fourth-order valence-corrected chi connectivity index (χ4v) is 1.73. The second-order valence-corrected chi connectivity index (χ2v) is 4.10. The standard InChI is InChI=1S/C14H17N3O2/c1-3-19-13(18)12-9-15-14(16-10(12)2)17-11-7-5-4-6-8-11/h4-8H,3,9H2,1-2H3,(H2,15,16,17). The molecule has 1 aliphatic heterocycles. The lowest BCUT2D eigenvalue weighted by Gasteiger charge is -2.19. The molecule has 0 aliphatic carbocycles. The second-order valence-electron chi connectivity index (χ2n) is 4.10. The molecule has 5 nitrogen and oxygen atoms in total. The molecule has 1 aromatic rings. The summed E-state index contributed by atoms with van der Waals surface area (Å²) in [7, 11) is 0. The normalized spacial score (nSPS) is 14.5. The number of rotatable bonds is 3. The largest absolute Gasteiger partial charge is 0.463 e. The van der Waals surface area contributed by atoms with Crippen LogP contribution in [0.25, 0.3) is 0 Å². The van der Waals surface area contributed by atoms with Crippen LogP contribution in [-0.2, 0) is 9.53 Å². The van der Waals surface area contributed by atoms with Crippen molar-refractivity contribution in [3.8, 4) is 0 Å². The van der Waals surface area contributed by atoms with Crippen LogP contribution in [0.5, 0.6) is 0 Å². The Labute approximate surface area is 112 Å². The first-order valence-corrected chi connectivity index (χ1v) is 6.21. The topological polar surface area (TPSA) is 62.7 Å². The highest BCUT2D eigenvalue weighted by Gasteiger charge is 2.18. The number of carbonyl (C=O) groups is 1. The van der Waals surface area contributed by atoms with E-state index in [2.05, 4.69) is 15.6 Å². The van der Waals surface area contributed by atoms with Crippen LogP contribution >= 0.6 is 0 Å². The van der Waals surface area contributed by atoms with Crippen LogP contribution in [0.15, 0.2) is 46.6 Å². The Balaban J connectivity index is 2.01. The van der Waals surface area contributed by atoms with Crippen molar-refractivity contribution < 1.29 is 9.53 Å². The molecule has 1 heterocycles. The predicted molar refractivity (Wildman–Crippen MR) is 74.8 cm³/mol. The van der Waals surface area contributed by atoms with Gasteiger partial charge in [-0.25, -0.2) is 9.79 Å². The molecule has 0 spiro atoms. The van der Waals surface area contributed by atoms with Crippen molar-refractivity contribution >= 4 is 17.6 Å². The van der Waals surface area contributed by atoms with E-state index in [0.717, 1.165) is 11.4 Å². The number of anilines is 1. The van der Waals surface area contributed by atoms with Gasteiger partial charge in [-0.3, -0.25) is 0 Å². The summed E-state index contributed by atoms with van der Waals surface area (Å²) >= 11 is 0. The number of esters is 1. The van der Waals surface area contributed by atoms with Crippen LogP contribution in [0.1, 0.15) is 13.8 Å². The van der Waals surface area contributed by atoms with Crippen molar-refractivity contribution in [1.29, 1.82) is 0 Å². The predicted octanol–water partition coefficient (Wildman–Crippen LogP) is 1.89. The van der Waals surface area contributed by atoms with Gasteiger partial charge in [0.2, 0.25) is 0 Å². The molecule has 0 saturated carbocycles. The van der Waals surface area contributed by atoms with Crippen molar-refractivity contribution in [2.45, 2.75) is 13.8 Å². The van der Waals surface area contributed by atoms with Crippen molar-refractivity contribution in [1.82, 2.24) is 5.32 Å². The summed E-state index contributed by atoms with van der Waals surface area (Å²) in [6.07, 6.45) is 0. The molecule has 2 N–H and O–H groups in total. The highest BCUT2D eigenvalue weighted by molar-refractivity contribution is 5.99. The minimum atomic E-state index is -0.310. The molecule has 19 heavy (non-hydrogen) atoms. The van der Waals surface area contributed by atoms with E-state index in [9.17, 15) is 4.79 Å². The van der Waals surface area contributed by atoms with Gasteiger partial charge in [-0.2, -0.15) is 0 Å². The zero-order valence-electron chi connectivity index (χ0n) is 11.1. The molecule has 5 heteroatoms. The minimum Gasteiger partial charge on any atom is -0.463 e. The van der Waals surface area contributed by atoms with E-state index in [-0.39, 0.29) is 5.97 Å². The number of nitrogens with one attached hydrogen (secondary N) is 2. The molecule has 0 saturated heterocycles. The Bertz CT molecular complexity index is 521. The summed E-state index contributed by atoms with van der Waals surface area (Å²) in [5.41, 5.74) is 2.29. The third-order valence-electron chi connectivity index (χ3n) is 2.71. The van der Waals surface area contributed by atoms with E-state index in [1.54, 1.807) is 6.92 Å². The zero-order valence-corrected chi connectivity index (χ0v) is 11.1. The van der Waals surface area contributed by atoms with E-state index in [1.165, 1.54) is 0 Å². The molecule has 100 valence electrons. The number of guanidine groups is 1. The van der Waals surface area contributed by atoms with E-state index in [1.807, 2.05) is 37.3 Å². The van der Waals surface area contributed by atoms with Crippen LogP contribution in [0.2, 0.25) is 0 Å². The molecule has 1 aliphatic rings. The van der Waals surface area contributed by atoms with Crippen LogP contribution in [0, 0.1) is 0 Å². The lowest BCUT2D eigenvalue weighted by Crippen LogP contribution is -2.35. The van der Waals surface area contributed by atoms with Crippen LogP contribution in [0.4, 0.5) is 5.69 Å². The highest BCUT2D eigenvalue weighted by Crippen LogP contribution is 2.11. The zero-order chi connectivity index (χ0) is 13.7.